The average molecular weight is 460 g/mol. The van der Waals surface area contributed by atoms with Gasteiger partial charge in [0.05, 0.1) is 24.5 Å². The molecule has 188 valence electrons. The molecule has 9 nitrogen and oxygen atoms in total. The van der Waals surface area contributed by atoms with Crippen LogP contribution in [0.25, 0.3) is 0 Å². The van der Waals surface area contributed by atoms with Gasteiger partial charge in [-0.25, -0.2) is 5.48 Å². The first-order valence-electron chi connectivity index (χ1n) is 11.7. The van der Waals surface area contributed by atoms with Crippen LogP contribution in [0.3, 0.4) is 0 Å². The third-order valence-corrected chi connectivity index (χ3v) is 5.71. The fourth-order valence-corrected chi connectivity index (χ4v) is 3.63. The molecule has 0 spiro atoms. The molecule has 0 aromatic carbocycles. The number of aliphatic hydroxyl groups is 2. The molecule has 0 fully saturated rings. The van der Waals surface area contributed by atoms with E-state index in [0.29, 0.717) is 6.42 Å². The van der Waals surface area contributed by atoms with Gasteiger partial charge in [0.2, 0.25) is 11.8 Å². The Labute approximate surface area is 192 Å². The molecule has 3 amide bonds. The topological polar surface area (TPSA) is 139 Å². The van der Waals surface area contributed by atoms with Crippen molar-refractivity contribution in [3.8, 4) is 0 Å². The molecule has 0 aliphatic carbocycles. The summed E-state index contributed by atoms with van der Waals surface area (Å²) in [6.07, 6.45) is 4.35. The van der Waals surface area contributed by atoms with Crippen molar-refractivity contribution in [2.24, 2.45) is 11.3 Å². The van der Waals surface area contributed by atoms with Crippen LogP contribution in [-0.2, 0) is 14.4 Å². The van der Waals surface area contributed by atoms with Crippen molar-refractivity contribution < 1.29 is 29.8 Å². The first-order valence-corrected chi connectivity index (χ1v) is 11.7. The van der Waals surface area contributed by atoms with Gasteiger partial charge in [0.15, 0.2) is 0 Å². The van der Waals surface area contributed by atoms with Gasteiger partial charge < -0.3 is 20.4 Å². The van der Waals surface area contributed by atoms with E-state index < -0.39 is 41.4 Å². The summed E-state index contributed by atoms with van der Waals surface area (Å²) < 4.78 is 0. The fourth-order valence-electron chi connectivity index (χ4n) is 3.63. The molecular weight excluding hydrogens is 414 g/mol. The number of hydrogen-bond acceptors (Lipinski definition) is 6. The van der Waals surface area contributed by atoms with Crippen LogP contribution in [0.5, 0.6) is 0 Å². The Morgan fingerprint density at radius 1 is 0.906 bits per heavy atom. The van der Waals surface area contributed by atoms with Crippen molar-refractivity contribution >= 4 is 17.7 Å². The molecule has 0 bridgehead atoms. The van der Waals surface area contributed by atoms with Gasteiger partial charge in [-0.05, 0) is 11.8 Å². The SMILES string of the molecule is CCCCCCCCC[C@@H](C(=O)N[C@H]([C@H](O)CC(=O)N(C)C)C(C)(C)C)[C@H](O)C(=O)NO. The number of amides is 3. The molecule has 0 aromatic heterocycles. The zero-order valence-electron chi connectivity index (χ0n) is 20.7. The van der Waals surface area contributed by atoms with Crippen LogP contribution in [0.2, 0.25) is 0 Å². The normalized spacial score (nSPS) is 15.4. The van der Waals surface area contributed by atoms with Crippen LogP contribution in [0.1, 0.15) is 85.5 Å². The Kier molecular flexibility index (Phi) is 14.4. The van der Waals surface area contributed by atoms with Gasteiger partial charge in [0.1, 0.15) is 6.10 Å². The van der Waals surface area contributed by atoms with E-state index in [0.717, 1.165) is 32.1 Å². The molecule has 0 aliphatic heterocycles. The molecule has 9 heteroatoms. The van der Waals surface area contributed by atoms with E-state index in [1.54, 1.807) is 14.1 Å². The van der Waals surface area contributed by atoms with Crippen molar-refractivity contribution in [2.45, 2.75) is 104 Å². The van der Waals surface area contributed by atoms with Crippen molar-refractivity contribution in [3.63, 3.8) is 0 Å². The number of carbonyl (C=O) groups is 3. The maximum Gasteiger partial charge on any atom is 0.272 e. The van der Waals surface area contributed by atoms with Crippen LogP contribution >= 0.6 is 0 Å². The molecule has 0 saturated carbocycles. The standard InChI is InChI=1S/C23H45N3O6/c1-7-8-9-10-11-12-13-14-16(19(29)22(31)25-32)21(30)24-20(23(2,3)4)17(27)15-18(28)26(5)6/h16-17,19-20,27,29,32H,7-15H2,1-6H3,(H,24,30)(H,25,31)/t16-,17-,19+,20-/m1/s1. The van der Waals surface area contributed by atoms with E-state index in [4.69, 9.17) is 5.21 Å². The number of hydrogen-bond donors (Lipinski definition) is 5. The summed E-state index contributed by atoms with van der Waals surface area (Å²) in [5.74, 6) is -3.01. The molecule has 32 heavy (non-hydrogen) atoms. The van der Waals surface area contributed by atoms with Gasteiger partial charge >= 0.3 is 0 Å². The highest BCUT2D eigenvalue weighted by Crippen LogP contribution is 2.25. The Morgan fingerprint density at radius 3 is 1.91 bits per heavy atom. The highest BCUT2D eigenvalue weighted by molar-refractivity contribution is 5.88. The van der Waals surface area contributed by atoms with Gasteiger partial charge in [0.25, 0.3) is 5.91 Å². The highest BCUT2D eigenvalue weighted by atomic mass is 16.5. The first kappa shape index (κ1) is 30.3. The number of nitrogens with zero attached hydrogens (tertiary/aromatic N) is 1. The van der Waals surface area contributed by atoms with Gasteiger partial charge in [-0.15, -0.1) is 0 Å². The second-order valence-corrected chi connectivity index (χ2v) is 9.85. The van der Waals surface area contributed by atoms with Crippen molar-refractivity contribution in [2.75, 3.05) is 14.1 Å². The molecule has 0 heterocycles. The first-order chi connectivity index (χ1) is 14.9. The summed E-state index contributed by atoms with van der Waals surface area (Å²) in [5.41, 5.74) is 0.814. The average Bonchev–Trinajstić information content (AvgIpc) is 2.71. The summed E-state index contributed by atoms with van der Waals surface area (Å²) >= 11 is 0. The lowest BCUT2D eigenvalue weighted by molar-refractivity contribution is -0.147. The minimum Gasteiger partial charge on any atom is -0.390 e. The second kappa shape index (κ2) is 15.2. The molecule has 0 aliphatic rings. The minimum atomic E-state index is -1.72. The van der Waals surface area contributed by atoms with E-state index in [-0.39, 0.29) is 18.7 Å². The largest absolute Gasteiger partial charge is 0.390 e. The van der Waals surface area contributed by atoms with Crippen LogP contribution in [0.15, 0.2) is 0 Å². The monoisotopic (exact) mass is 459 g/mol. The van der Waals surface area contributed by atoms with Gasteiger partial charge in [-0.2, -0.15) is 0 Å². The number of nitrogens with one attached hydrogen (secondary N) is 2. The molecule has 4 atom stereocenters. The zero-order valence-corrected chi connectivity index (χ0v) is 20.7. The maximum atomic E-state index is 13.1. The molecule has 5 N–H and O–H groups in total. The minimum absolute atomic E-state index is 0.169. The van der Waals surface area contributed by atoms with E-state index in [1.165, 1.54) is 16.8 Å². The summed E-state index contributed by atoms with van der Waals surface area (Å²) in [4.78, 5) is 38.3. The number of unbranched alkanes of at least 4 members (excludes halogenated alkanes) is 6. The third kappa shape index (κ3) is 11.2. The van der Waals surface area contributed by atoms with Gasteiger partial charge in [0, 0.05) is 14.1 Å². The molecule has 0 saturated heterocycles. The van der Waals surface area contributed by atoms with Gasteiger partial charge in [-0.1, -0.05) is 72.6 Å². The van der Waals surface area contributed by atoms with Crippen LogP contribution < -0.4 is 10.8 Å². The third-order valence-electron chi connectivity index (χ3n) is 5.71. The van der Waals surface area contributed by atoms with E-state index in [2.05, 4.69) is 12.2 Å². The van der Waals surface area contributed by atoms with E-state index in [1.807, 2.05) is 20.8 Å². The summed E-state index contributed by atoms with van der Waals surface area (Å²) in [5, 5.41) is 32.7. The lowest BCUT2D eigenvalue weighted by atomic mass is 9.81. The Morgan fingerprint density at radius 2 is 1.44 bits per heavy atom. The molecular formula is C23H45N3O6. The summed E-state index contributed by atoms with van der Waals surface area (Å²) in [6, 6.07) is -0.778. The van der Waals surface area contributed by atoms with Gasteiger partial charge in [-0.3, -0.25) is 19.6 Å². The molecule has 0 aromatic rings. The summed E-state index contributed by atoms with van der Waals surface area (Å²) in [6.45, 7) is 7.62. The predicted molar refractivity (Wildman–Crippen MR) is 123 cm³/mol. The fraction of sp³-hybridized carbons (Fsp3) is 0.870. The quantitative estimate of drug-likeness (QED) is 0.144. The summed E-state index contributed by atoms with van der Waals surface area (Å²) in [7, 11) is 3.17. The lowest BCUT2D eigenvalue weighted by Gasteiger charge is -2.36. The van der Waals surface area contributed by atoms with Crippen molar-refractivity contribution in [1.82, 2.24) is 15.7 Å². The smallest absolute Gasteiger partial charge is 0.272 e. The van der Waals surface area contributed by atoms with Crippen LogP contribution in [0, 0.1) is 11.3 Å². The maximum absolute atomic E-state index is 13.1. The Hall–Kier alpha value is -1.71. The molecule has 0 unspecified atom stereocenters. The van der Waals surface area contributed by atoms with Crippen LogP contribution in [0.4, 0.5) is 0 Å². The zero-order chi connectivity index (χ0) is 24.9. The van der Waals surface area contributed by atoms with Crippen LogP contribution in [-0.4, -0.2) is 70.4 Å². The number of carbonyl (C=O) groups excluding carboxylic acids is 3. The predicted octanol–water partition coefficient (Wildman–Crippen LogP) is 1.98. The van der Waals surface area contributed by atoms with Crippen molar-refractivity contribution in [3.05, 3.63) is 0 Å². The molecule has 0 rings (SSSR count). The Balaban J connectivity index is 5.26. The molecule has 0 radical (unpaired) electrons. The van der Waals surface area contributed by atoms with Crippen molar-refractivity contribution in [1.29, 1.82) is 0 Å². The van der Waals surface area contributed by atoms with E-state index in [9.17, 15) is 24.6 Å². The highest BCUT2D eigenvalue weighted by Gasteiger charge is 2.38. The van der Waals surface area contributed by atoms with E-state index >= 15 is 0 Å². The number of hydroxylamine groups is 1. The lowest BCUT2D eigenvalue weighted by Crippen LogP contribution is -2.55. The number of aliphatic hydroxyl groups excluding tert-OH is 2. The number of rotatable bonds is 15. The second-order valence-electron chi connectivity index (χ2n) is 9.85. The Bertz CT molecular complexity index is 577.